The van der Waals surface area contributed by atoms with Crippen molar-refractivity contribution in [3.8, 4) is 0 Å². The summed E-state index contributed by atoms with van der Waals surface area (Å²) in [4.78, 5) is 52.3. The maximum absolute atomic E-state index is 14.0. The van der Waals surface area contributed by atoms with Gasteiger partial charge in [-0.1, -0.05) is 174 Å². The summed E-state index contributed by atoms with van der Waals surface area (Å²) in [6.07, 6.45) is 26.6. The number of carbonyl (C=O) groups is 4. The van der Waals surface area contributed by atoms with E-state index >= 15 is 0 Å². The molecule has 57 heavy (non-hydrogen) atoms. The van der Waals surface area contributed by atoms with Gasteiger partial charge in [0.05, 0.1) is 19.3 Å². The van der Waals surface area contributed by atoms with Gasteiger partial charge in [-0.2, -0.15) is 0 Å². The van der Waals surface area contributed by atoms with Crippen LogP contribution < -0.4 is 11.1 Å². The Bertz CT molecular complexity index is 1060. The largest absolute Gasteiger partial charge is 0.481 e. The molecule has 1 fully saturated rings. The highest BCUT2D eigenvalue weighted by atomic mass is 16.6. The van der Waals surface area contributed by atoms with Gasteiger partial charge in [0.2, 0.25) is 17.7 Å². The number of ketones is 1. The predicted molar refractivity (Wildman–Crippen MR) is 226 cm³/mol. The summed E-state index contributed by atoms with van der Waals surface area (Å²) in [6, 6.07) is 0. The average molecular weight is 812 g/mol. The molecule has 0 saturated carbocycles. The number of Topliss-reactive ketones (excluding diaryl/α,β-unsaturated/α-hetero) is 1. The normalized spacial score (nSPS) is 20.7. The lowest BCUT2D eigenvalue weighted by molar-refractivity contribution is -0.291. The highest BCUT2D eigenvalue weighted by Crippen LogP contribution is 2.36. The maximum atomic E-state index is 14.0. The Balaban J connectivity index is 2.84. The van der Waals surface area contributed by atoms with Crippen molar-refractivity contribution in [2.45, 2.75) is 237 Å². The van der Waals surface area contributed by atoms with Crippen LogP contribution >= 0.6 is 0 Å². The van der Waals surface area contributed by atoms with Gasteiger partial charge >= 0.3 is 5.97 Å². The maximum Gasteiger partial charge on any atom is 0.303 e. The number of ether oxygens (including phenoxy) is 1. The Labute approximate surface area is 345 Å². The number of aliphatic hydroxyl groups excluding tert-OH is 3. The van der Waals surface area contributed by atoms with Gasteiger partial charge in [-0.15, -0.1) is 0 Å². The summed E-state index contributed by atoms with van der Waals surface area (Å²) < 4.78 is 6.03. The van der Waals surface area contributed by atoms with E-state index in [-0.39, 0.29) is 38.1 Å². The second-order valence-electron chi connectivity index (χ2n) is 16.7. The smallest absolute Gasteiger partial charge is 0.303 e. The molecule has 12 heteroatoms. The monoisotopic (exact) mass is 812 g/mol. The molecule has 0 spiro atoms. The molecule has 1 saturated heterocycles. The molecule has 1 rings (SSSR count). The molecule has 0 aromatic heterocycles. The third-order valence-corrected chi connectivity index (χ3v) is 11.6. The average Bonchev–Trinajstić information content (AvgIpc) is 3.18. The molecule has 0 bridgehead atoms. The van der Waals surface area contributed by atoms with E-state index < -0.39 is 60.9 Å². The van der Waals surface area contributed by atoms with Crippen LogP contribution in [0.4, 0.5) is 0 Å². The first kappa shape index (κ1) is 52.9. The van der Waals surface area contributed by atoms with Gasteiger partial charge in [-0.25, -0.2) is 0 Å². The molecule has 0 aromatic carbocycles. The first-order chi connectivity index (χ1) is 27.5. The van der Waals surface area contributed by atoms with Gasteiger partial charge in [0.25, 0.3) is 0 Å². The topological polar surface area (TPSA) is 200 Å². The molecule has 0 radical (unpaired) electrons. The zero-order valence-electron chi connectivity index (χ0n) is 36.2. The standard InChI is InChI=1S/C45H85N3O9/c1-3-5-7-9-11-13-15-17-18-19-20-22-24-26-28-32-40(52)48(34-29-27-25-23-21-16-14-12-10-8-6-4-2)45(46)42(44(56)43(55)38(36-49)57-45)37(50)35-47-39(51)31-30-33-41(53)54/h38,42-44,49,55-56H,3-36,46H2,1-2H3,(H,47,51)(H,53,54)/t38-,42-,43-,44-,45+/m1/s1. The zero-order valence-corrected chi connectivity index (χ0v) is 36.2. The number of hydrogen-bond donors (Lipinski definition) is 6. The number of amides is 2. The van der Waals surface area contributed by atoms with Crippen molar-refractivity contribution in [2.24, 2.45) is 11.7 Å². The lowest BCUT2D eigenvalue weighted by Crippen LogP contribution is -2.75. The fraction of sp³-hybridized carbons (Fsp3) is 0.911. The first-order valence-electron chi connectivity index (χ1n) is 23.3. The second-order valence-corrected chi connectivity index (χ2v) is 16.7. The lowest BCUT2D eigenvalue weighted by Gasteiger charge is -2.52. The molecule has 1 aliphatic heterocycles. The minimum absolute atomic E-state index is 0.0862. The van der Waals surface area contributed by atoms with Crippen molar-refractivity contribution < 1.29 is 44.3 Å². The highest BCUT2D eigenvalue weighted by molar-refractivity contribution is 5.89. The molecule has 0 aromatic rings. The Hall–Kier alpha value is -2.12. The molecular weight excluding hydrogens is 727 g/mol. The molecule has 0 unspecified atom stereocenters. The van der Waals surface area contributed by atoms with Crippen LogP contribution in [0.1, 0.15) is 213 Å². The van der Waals surface area contributed by atoms with Crippen molar-refractivity contribution in [3.63, 3.8) is 0 Å². The molecule has 2 amide bonds. The van der Waals surface area contributed by atoms with Gasteiger partial charge in [-0.3, -0.25) is 24.9 Å². The van der Waals surface area contributed by atoms with Crippen LogP contribution in [0.2, 0.25) is 0 Å². The fourth-order valence-corrected chi connectivity index (χ4v) is 8.02. The molecule has 1 heterocycles. The summed E-state index contributed by atoms with van der Waals surface area (Å²) in [5.41, 5.74) is 6.88. The zero-order chi connectivity index (χ0) is 42.2. The van der Waals surface area contributed by atoms with Crippen molar-refractivity contribution >= 4 is 23.6 Å². The van der Waals surface area contributed by atoms with Gasteiger partial charge < -0.3 is 35.4 Å². The van der Waals surface area contributed by atoms with Gasteiger partial charge in [-0.05, 0) is 19.3 Å². The van der Waals surface area contributed by atoms with Crippen LogP contribution in [-0.4, -0.2) is 92.8 Å². The first-order valence-corrected chi connectivity index (χ1v) is 23.3. The number of aliphatic hydroxyl groups is 3. The molecule has 334 valence electrons. The molecule has 12 nitrogen and oxygen atoms in total. The third kappa shape index (κ3) is 23.3. The second kappa shape index (κ2) is 33.7. The molecule has 0 aliphatic carbocycles. The minimum Gasteiger partial charge on any atom is -0.481 e. The van der Waals surface area contributed by atoms with E-state index in [4.69, 9.17) is 15.6 Å². The lowest BCUT2D eigenvalue weighted by atomic mass is 9.82. The number of aliphatic carboxylic acids is 1. The van der Waals surface area contributed by atoms with Crippen molar-refractivity contribution in [1.82, 2.24) is 10.2 Å². The molecule has 5 atom stereocenters. The Kier molecular flexibility index (Phi) is 31.3. The van der Waals surface area contributed by atoms with E-state index in [1.165, 1.54) is 120 Å². The Morgan fingerprint density at radius 1 is 0.596 bits per heavy atom. The van der Waals surface area contributed by atoms with E-state index in [0.29, 0.717) is 12.8 Å². The SMILES string of the molecule is CCCCCCCCCCCCCCCCCC(=O)N(CCCCCCCCCCCCCC)[C@]1(N)O[C@H](CO)[C@@H](O)[C@H](O)[C@H]1C(=O)CNC(=O)CCCC(=O)O. The summed E-state index contributed by atoms with van der Waals surface area (Å²) in [5.74, 6) is -6.45. The molecule has 7 N–H and O–H groups in total. The number of nitrogens with two attached hydrogens (primary N) is 1. The number of hydrogen-bond acceptors (Lipinski definition) is 9. The van der Waals surface area contributed by atoms with E-state index in [1.54, 1.807) is 0 Å². The predicted octanol–water partition coefficient (Wildman–Crippen LogP) is 8.06. The van der Waals surface area contributed by atoms with Gasteiger partial charge in [0.1, 0.15) is 18.1 Å². The van der Waals surface area contributed by atoms with Crippen molar-refractivity contribution in [2.75, 3.05) is 19.7 Å². The number of nitrogens with one attached hydrogen (secondary N) is 1. The number of carbonyl (C=O) groups excluding carboxylic acids is 3. The van der Waals surface area contributed by atoms with E-state index in [1.807, 2.05) is 0 Å². The van der Waals surface area contributed by atoms with Crippen LogP contribution in [0.25, 0.3) is 0 Å². The summed E-state index contributed by atoms with van der Waals surface area (Å²) in [7, 11) is 0. The van der Waals surface area contributed by atoms with Crippen LogP contribution in [0.3, 0.4) is 0 Å². The van der Waals surface area contributed by atoms with Crippen LogP contribution in [0.5, 0.6) is 0 Å². The third-order valence-electron chi connectivity index (χ3n) is 11.6. The van der Waals surface area contributed by atoms with Crippen LogP contribution in [0.15, 0.2) is 0 Å². The fourth-order valence-electron chi connectivity index (χ4n) is 8.02. The van der Waals surface area contributed by atoms with Crippen molar-refractivity contribution in [3.05, 3.63) is 0 Å². The number of carboxylic acid groups (broad SMARTS) is 1. The number of rotatable bonds is 38. The van der Waals surface area contributed by atoms with E-state index in [9.17, 15) is 34.5 Å². The number of unbranched alkanes of at least 4 members (excludes halogenated alkanes) is 25. The minimum atomic E-state index is -2.18. The van der Waals surface area contributed by atoms with E-state index in [0.717, 1.165) is 44.9 Å². The van der Waals surface area contributed by atoms with Gasteiger partial charge in [0.15, 0.2) is 5.78 Å². The number of nitrogens with zero attached hydrogens (tertiary/aromatic N) is 1. The number of carboxylic acids is 1. The van der Waals surface area contributed by atoms with Crippen molar-refractivity contribution in [1.29, 1.82) is 0 Å². The Morgan fingerprint density at radius 3 is 1.44 bits per heavy atom. The highest BCUT2D eigenvalue weighted by Gasteiger charge is 2.58. The summed E-state index contributed by atoms with van der Waals surface area (Å²) in [6.45, 7) is 3.38. The summed E-state index contributed by atoms with van der Waals surface area (Å²) >= 11 is 0. The quantitative estimate of drug-likeness (QED) is 0.0262. The summed E-state index contributed by atoms with van der Waals surface area (Å²) in [5, 5.41) is 43.5. The van der Waals surface area contributed by atoms with E-state index in [2.05, 4.69) is 19.2 Å². The molecular formula is C45H85N3O9. The van der Waals surface area contributed by atoms with Crippen LogP contribution in [0, 0.1) is 5.92 Å². The van der Waals surface area contributed by atoms with Crippen LogP contribution in [-0.2, 0) is 23.9 Å². The van der Waals surface area contributed by atoms with Gasteiger partial charge in [0, 0.05) is 25.8 Å². The molecule has 1 aliphatic rings. The Morgan fingerprint density at radius 2 is 1.02 bits per heavy atom.